The minimum Gasteiger partial charge on any atom is -0.490 e. The summed E-state index contributed by atoms with van der Waals surface area (Å²) in [4.78, 5) is 24.3. The van der Waals surface area contributed by atoms with Gasteiger partial charge in [0.2, 0.25) is 5.91 Å². The first-order valence-corrected chi connectivity index (χ1v) is 9.72. The van der Waals surface area contributed by atoms with Gasteiger partial charge in [-0.3, -0.25) is 9.59 Å². The fraction of sp³-hybridized carbons (Fsp3) is 0.579. The van der Waals surface area contributed by atoms with Crippen LogP contribution in [-0.2, 0) is 4.79 Å². The monoisotopic (exact) mass is 378 g/mol. The van der Waals surface area contributed by atoms with Crippen LogP contribution in [0.2, 0.25) is 0 Å². The molecular weight excluding hydrogens is 356 g/mol. The average molecular weight is 379 g/mol. The number of ether oxygens (including phenoxy) is 2. The number of halogens is 1. The molecule has 1 aromatic carbocycles. The SMILES string of the molecule is O=C(CCl)NC1CC(NC(=O)c2ccc3c(c2)OCCCO3)C12CCC2. The smallest absolute Gasteiger partial charge is 0.251 e. The molecule has 1 aliphatic heterocycles. The number of fused-ring (bicyclic) bond motifs is 1. The van der Waals surface area contributed by atoms with E-state index in [1.165, 1.54) is 0 Å². The van der Waals surface area contributed by atoms with Gasteiger partial charge in [0.25, 0.3) is 5.91 Å². The van der Waals surface area contributed by atoms with E-state index in [0.29, 0.717) is 30.3 Å². The third kappa shape index (κ3) is 3.00. The summed E-state index contributed by atoms with van der Waals surface area (Å²) in [5.74, 6) is 1.02. The molecule has 3 aliphatic rings. The first-order valence-electron chi connectivity index (χ1n) is 9.18. The molecule has 0 bridgehead atoms. The van der Waals surface area contributed by atoms with Gasteiger partial charge >= 0.3 is 0 Å². The van der Waals surface area contributed by atoms with E-state index >= 15 is 0 Å². The number of carbonyl (C=O) groups is 2. The largest absolute Gasteiger partial charge is 0.490 e. The molecule has 2 fully saturated rings. The van der Waals surface area contributed by atoms with Gasteiger partial charge in [0.05, 0.1) is 13.2 Å². The van der Waals surface area contributed by atoms with Crippen molar-refractivity contribution in [1.82, 2.24) is 10.6 Å². The quantitative estimate of drug-likeness (QED) is 0.788. The Morgan fingerprint density at radius 3 is 2.50 bits per heavy atom. The van der Waals surface area contributed by atoms with E-state index in [1.54, 1.807) is 18.2 Å². The molecule has 1 heterocycles. The number of nitrogens with one attached hydrogen (secondary N) is 2. The molecule has 140 valence electrons. The number of carbonyl (C=O) groups excluding carboxylic acids is 2. The highest BCUT2D eigenvalue weighted by molar-refractivity contribution is 6.27. The number of rotatable bonds is 4. The third-order valence-electron chi connectivity index (χ3n) is 5.92. The van der Waals surface area contributed by atoms with Gasteiger partial charge in [0.1, 0.15) is 5.88 Å². The van der Waals surface area contributed by atoms with Crippen LogP contribution in [0.3, 0.4) is 0 Å². The molecule has 2 amide bonds. The maximum absolute atomic E-state index is 12.7. The van der Waals surface area contributed by atoms with Crippen molar-refractivity contribution in [2.24, 2.45) is 5.41 Å². The summed E-state index contributed by atoms with van der Waals surface area (Å²) in [7, 11) is 0. The van der Waals surface area contributed by atoms with Crippen molar-refractivity contribution in [2.75, 3.05) is 19.1 Å². The van der Waals surface area contributed by atoms with Crippen molar-refractivity contribution in [1.29, 1.82) is 0 Å². The zero-order valence-electron chi connectivity index (χ0n) is 14.6. The van der Waals surface area contributed by atoms with Gasteiger partial charge in [-0.2, -0.15) is 0 Å². The first kappa shape index (κ1) is 17.5. The second-order valence-corrected chi connectivity index (χ2v) is 7.58. The van der Waals surface area contributed by atoms with Crippen LogP contribution in [0.25, 0.3) is 0 Å². The van der Waals surface area contributed by atoms with Crippen molar-refractivity contribution in [3.63, 3.8) is 0 Å². The molecule has 2 atom stereocenters. The van der Waals surface area contributed by atoms with Crippen LogP contribution in [-0.4, -0.2) is 43.0 Å². The van der Waals surface area contributed by atoms with Gasteiger partial charge < -0.3 is 20.1 Å². The number of hydrogen-bond donors (Lipinski definition) is 2. The standard InChI is InChI=1S/C19H23ClN2O4/c20-11-17(23)21-15-10-16(19(15)5-1-6-19)22-18(24)12-3-4-13-14(9-12)26-8-2-7-25-13/h3-4,9,15-16H,1-2,5-8,10-11H2,(H,21,23)(H,22,24). The fourth-order valence-electron chi connectivity index (χ4n) is 4.25. The number of hydrogen-bond acceptors (Lipinski definition) is 4. The molecule has 2 N–H and O–H groups in total. The van der Waals surface area contributed by atoms with E-state index in [9.17, 15) is 9.59 Å². The molecule has 6 nitrogen and oxygen atoms in total. The predicted octanol–water partition coefficient (Wildman–Crippen LogP) is 2.24. The zero-order valence-corrected chi connectivity index (χ0v) is 15.3. The van der Waals surface area contributed by atoms with Crippen molar-refractivity contribution in [2.45, 2.75) is 44.2 Å². The molecule has 4 rings (SSSR count). The summed E-state index contributed by atoms with van der Waals surface area (Å²) in [6.07, 6.45) is 4.75. The lowest BCUT2D eigenvalue weighted by Crippen LogP contribution is -2.71. The number of alkyl halides is 1. The summed E-state index contributed by atoms with van der Waals surface area (Å²) in [6.45, 7) is 1.21. The van der Waals surface area contributed by atoms with Crippen LogP contribution in [0.4, 0.5) is 0 Å². The summed E-state index contributed by atoms with van der Waals surface area (Å²) < 4.78 is 11.3. The molecule has 2 unspecified atom stereocenters. The Labute approximate surface area is 157 Å². The van der Waals surface area contributed by atoms with Crippen LogP contribution in [0.5, 0.6) is 11.5 Å². The normalized spacial score (nSPS) is 25.4. The highest BCUT2D eigenvalue weighted by atomic mass is 35.5. The summed E-state index contributed by atoms with van der Waals surface area (Å²) in [5, 5.41) is 6.14. The second-order valence-electron chi connectivity index (χ2n) is 7.31. The maximum atomic E-state index is 12.7. The molecule has 2 saturated carbocycles. The molecule has 7 heteroatoms. The molecular formula is C19H23ClN2O4. The molecule has 0 saturated heterocycles. The predicted molar refractivity (Wildman–Crippen MR) is 96.9 cm³/mol. The number of benzene rings is 1. The summed E-state index contributed by atoms with van der Waals surface area (Å²) >= 11 is 5.60. The lowest BCUT2D eigenvalue weighted by Gasteiger charge is -2.61. The molecule has 1 spiro atoms. The Hall–Kier alpha value is -1.95. The van der Waals surface area contributed by atoms with Crippen molar-refractivity contribution in [3.8, 4) is 11.5 Å². The van der Waals surface area contributed by atoms with Crippen LogP contribution in [0.1, 0.15) is 42.5 Å². The lowest BCUT2D eigenvalue weighted by molar-refractivity contribution is -0.126. The van der Waals surface area contributed by atoms with E-state index in [1.807, 2.05) is 0 Å². The van der Waals surface area contributed by atoms with Gasteiger partial charge in [-0.15, -0.1) is 11.6 Å². The van der Waals surface area contributed by atoms with E-state index in [-0.39, 0.29) is 35.2 Å². The summed E-state index contributed by atoms with van der Waals surface area (Å²) in [5.41, 5.74) is 0.555. The Bertz CT molecular complexity index is 719. The number of amides is 2. The van der Waals surface area contributed by atoms with Crippen molar-refractivity contribution < 1.29 is 19.1 Å². The van der Waals surface area contributed by atoms with Crippen LogP contribution >= 0.6 is 11.6 Å². The Kier molecular flexibility index (Phi) is 4.69. The Morgan fingerprint density at radius 2 is 1.81 bits per heavy atom. The minimum absolute atomic E-state index is 0.0112. The highest BCUT2D eigenvalue weighted by Crippen LogP contribution is 2.56. The van der Waals surface area contributed by atoms with E-state index in [0.717, 1.165) is 32.1 Å². The zero-order chi connectivity index (χ0) is 18.1. The van der Waals surface area contributed by atoms with Crippen molar-refractivity contribution in [3.05, 3.63) is 23.8 Å². The van der Waals surface area contributed by atoms with Crippen LogP contribution in [0, 0.1) is 5.41 Å². The van der Waals surface area contributed by atoms with Crippen molar-refractivity contribution >= 4 is 23.4 Å². The Balaban J connectivity index is 1.42. The van der Waals surface area contributed by atoms with Gasteiger partial charge in [-0.25, -0.2) is 0 Å². The minimum atomic E-state index is -0.143. The third-order valence-corrected chi connectivity index (χ3v) is 6.16. The van der Waals surface area contributed by atoms with E-state index in [2.05, 4.69) is 10.6 Å². The van der Waals surface area contributed by atoms with Crippen LogP contribution in [0.15, 0.2) is 18.2 Å². The molecule has 0 aromatic heterocycles. The topological polar surface area (TPSA) is 76.7 Å². The van der Waals surface area contributed by atoms with Gasteiger partial charge in [-0.05, 0) is 37.5 Å². The summed E-state index contributed by atoms with van der Waals surface area (Å²) in [6, 6.07) is 5.49. The lowest BCUT2D eigenvalue weighted by atomic mass is 9.49. The van der Waals surface area contributed by atoms with Gasteiger partial charge in [0.15, 0.2) is 11.5 Å². The van der Waals surface area contributed by atoms with Gasteiger partial charge in [-0.1, -0.05) is 6.42 Å². The molecule has 2 aliphatic carbocycles. The molecule has 0 radical (unpaired) electrons. The molecule has 26 heavy (non-hydrogen) atoms. The fourth-order valence-corrected chi connectivity index (χ4v) is 4.33. The first-order chi connectivity index (χ1) is 12.6. The molecule has 1 aromatic rings. The second kappa shape index (κ2) is 6.99. The van der Waals surface area contributed by atoms with Crippen LogP contribution < -0.4 is 20.1 Å². The average Bonchev–Trinajstić information content (AvgIpc) is 2.83. The highest BCUT2D eigenvalue weighted by Gasteiger charge is 2.59. The van der Waals surface area contributed by atoms with E-state index in [4.69, 9.17) is 21.1 Å². The maximum Gasteiger partial charge on any atom is 0.251 e. The van der Waals surface area contributed by atoms with E-state index < -0.39 is 0 Å². The Morgan fingerprint density at radius 1 is 1.08 bits per heavy atom. The van der Waals surface area contributed by atoms with Gasteiger partial charge in [0, 0.05) is 29.5 Å².